The summed E-state index contributed by atoms with van der Waals surface area (Å²) in [5.74, 6) is -1.14. The Labute approximate surface area is 117 Å². The van der Waals surface area contributed by atoms with Crippen molar-refractivity contribution in [3.8, 4) is 5.75 Å². The van der Waals surface area contributed by atoms with E-state index < -0.39 is 16.0 Å². The number of sulfonamides is 1. The summed E-state index contributed by atoms with van der Waals surface area (Å²) < 4.78 is 36.0. The Morgan fingerprint density at radius 2 is 2.05 bits per heavy atom. The molecule has 0 atom stereocenters. The van der Waals surface area contributed by atoms with E-state index in [-0.39, 0.29) is 22.8 Å². The second-order valence-corrected chi connectivity index (χ2v) is 5.68. The van der Waals surface area contributed by atoms with Gasteiger partial charge in [0.15, 0.2) is 0 Å². The molecular formula is C12H17NO6S. The molecule has 0 unspecified atom stereocenters. The van der Waals surface area contributed by atoms with Crippen LogP contribution < -0.4 is 9.46 Å². The Kier molecular flexibility index (Phi) is 5.93. The summed E-state index contributed by atoms with van der Waals surface area (Å²) in [6.45, 7) is 0.649. The summed E-state index contributed by atoms with van der Waals surface area (Å²) in [6, 6.07) is 3.68. The van der Waals surface area contributed by atoms with E-state index in [9.17, 15) is 13.2 Å². The van der Waals surface area contributed by atoms with Gasteiger partial charge in [-0.2, -0.15) is 0 Å². The molecule has 0 aliphatic carbocycles. The van der Waals surface area contributed by atoms with E-state index in [4.69, 9.17) is 14.6 Å². The van der Waals surface area contributed by atoms with E-state index in [2.05, 4.69) is 4.72 Å². The van der Waals surface area contributed by atoms with Gasteiger partial charge in [-0.3, -0.25) is 0 Å². The highest BCUT2D eigenvalue weighted by molar-refractivity contribution is 7.89. The maximum Gasteiger partial charge on any atom is 0.339 e. The molecule has 0 aliphatic heterocycles. The molecule has 0 heterocycles. The van der Waals surface area contributed by atoms with Gasteiger partial charge in [0.1, 0.15) is 11.3 Å². The molecule has 0 aliphatic rings. The lowest BCUT2D eigenvalue weighted by Gasteiger charge is -2.09. The van der Waals surface area contributed by atoms with Crippen molar-refractivity contribution in [3.63, 3.8) is 0 Å². The second-order valence-electron chi connectivity index (χ2n) is 3.91. The molecule has 0 amide bonds. The van der Waals surface area contributed by atoms with Gasteiger partial charge in [0, 0.05) is 20.3 Å². The number of carbonyl (C=O) groups is 1. The molecular weight excluding hydrogens is 286 g/mol. The minimum Gasteiger partial charge on any atom is -0.496 e. The maximum absolute atomic E-state index is 12.0. The van der Waals surface area contributed by atoms with Crippen molar-refractivity contribution in [2.75, 3.05) is 27.4 Å². The number of benzene rings is 1. The highest BCUT2D eigenvalue weighted by atomic mass is 32.2. The zero-order valence-corrected chi connectivity index (χ0v) is 12.1. The summed E-state index contributed by atoms with van der Waals surface area (Å²) >= 11 is 0. The molecule has 0 saturated heterocycles. The minimum absolute atomic E-state index is 0.107. The number of ether oxygens (including phenoxy) is 2. The van der Waals surface area contributed by atoms with Crippen LogP contribution in [-0.2, 0) is 14.8 Å². The Morgan fingerprint density at radius 1 is 1.35 bits per heavy atom. The molecule has 0 aromatic heterocycles. The lowest BCUT2D eigenvalue weighted by Crippen LogP contribution is -2.25. The molecule has 0 spiro atoms. The van der Waals surface area contributed by atoms with Gasteiger partial charge in [0.2, 0.25) is 10.0 Å². The summed E-state index contributed by atoms with van der Waals surface area (Å²) in [7, 11) is -0.903. The first-order valence-electron chi connectivity index (χ1n) is 5.82. The molecule has 7 nitrogen and oxygen atoms in total. The van der Waals surface area contributed by atoms with Gasteiger partial charge >= 0.3 is 5.97 Å². The topological polar surface area (TPSA) is 102 Å². The van der Waals surface area contributed by atoms with Gasteiger partial charge in [-0.15, -0.1) is 0 Å². The largest absolute Gasteiger partial charge is 0.496 e. The summed E-state index contributed by atoms with van der Waals surface area (Å²) in [5.41, 5.74) is -0.202. The summed E-state index contributed by atoms with van der Waals surface area (Å²) in [6.07, 6.45) is 0.525. The summed E-state index contributed by atoms with van der Waals surface area (Å²) in [4.78, 5) is 10.9. The van der Waals surface area contributed by atoms with Crippen LogP contribution in [0.5, 0.6) is 5.75 Å². The SMILES string of the molecule is COCCCNS(=O)(=O)c1ccc(OC)c(C(=O)O)c1. The van der Waals surface area contributed by atoms with Gasteiger partial charge in [-0.05, 0) is 24.6 Å². The second kappa shape index (κ2) is 7.22. The van der Waals surface area contributed by atoms with Crippen molar-refractivity contribution < 1.29 is 27.8 Å². The average Bonchev–Trinajstić information content (AvgIpc) is 2.42. The molecule has 2 N–H and O–H groups in total. The zero-order valence-electron chi connectivity index (χ0n) is 11.3. The zero-order chi connectivity index (χ0) is 15.2. The molecule has 1 aromatic rings. The lowest BCUT2D eigenvalue weighted by molar-refractivity contribution is 0.0693. The minimum atomic E-state index is -3.75. The number of hydrogen-bond acceptors (Lipinski definition) is 5. The highest BCUT2D eigenvalue weighted by Gasteiger charge is 2.18. The molecule has 0 radical (unpaired) electrons. The van der Waals surface area contributed by atoms with Crippen LogP contribution in [0.3, 0.4) is 0 Å². The molecule has 0 fully saturated rings. The summed E-state index contributed by atoms with van der Waals surface area (Å²) in [5, 5.41) is 9.02. The third kappa shape index (κ3) is 4.19. The Bertz CT molecular complexity index is 569. The van der Waals surface area contributed by atoms with Crippen LogP contribution in [0.1, 0.15) is 16.8 Å². The first-order valence-corrected chi connectivity index (χ1v) is 7.30. The van der Waals surface area contributed by atoms with E-state index in [0.717, 1.165) is 6.07 Å². The van der Waals surface area contributed by atoms with Crippen LogP contribution in [0.2, 0.25) is 0 Å². The third-order valence-electron chi connectivity index (χ3n) is 2.53. The number of hydrogen-bond donors (Lipinski definition) is 2. The molecule has 112 valence electrons. The average molecular weight is 303 g/mol. The van der Waals surface area contributed by atoms with Crippen LogP contribution in [-0.4, -0.2) is 46.9 Å². The number of rotatable bonds is 8. The molecule has 20 heavy (non-hydrogen) atoms. The molecule has 8 heteroatoms. The number of methoxy groups -OCH3 is 2. The maximum atomic E-state index is 12.0. The fraction of sp³-hybridized carbons (Fsp3) is 0.417. The van der Waals surface area contributed by atoms with Crippen molar-refractivity contribution in [1.82, 2.24) is 4.72 Å². The van der Waals surface area contributed by atoms with Gasteiger partial charge < -0.3 is 14.6 Å². The van der Waals surface area contributed by atoms with Gasteiger partial charge in [-0.1, -0.05) is 0 Å². The van der Waals surface area contributed by atoms with E-state index in [1.807, 2.05) is 0 Å². The quantitative estimate of drug-likeness (QED) is 0.686. The van der Waals surface area contributed by atoms with Gasteiger partial charge in [0.25, 0.3) is 0 Å². The Hall–Kier alpha value is -1.64. The van der Waals surface area contributed by atoms with Crippen LogP contribution in [0.15, 0.2) is 23.1 Å². The molecule has 0 saturated carbocycles. The standard InChI is InChI=1S/C12H17NO6S/c1-18-7-3-6-13-20(16,17)9-4-5-11(19-2)10(8-9)12(14)15/h4-5,8,13H,3,6-7H2,1-2H3,(H,14,15). The monoisotopic (exact) mass is 303 g/mol. The Balaban J connectivity index is 2.95. The van der Waals surface area contributed by atoms with Crippen LogP contribution in [0.25, 0.3) is 0 Å². The third-order valence-corrected chi connectivity index (χ3v) is 3.99. The first kappa shape index (κ1) is 16.4. The number of carboxylic acid groups (broad SMARTS) is 1. The lowest BCUT2D eigenvalue weighted by atomic mass is 10.2. The molecule has 1 rings (SSSR count). The fourth-order valence-corrected chi connectivity index (χ4v) is 2.63. The van der Waals surface area contributed by atoms with Crippen molar-refractivity contribution >= 4 is 16.0 Å². The van der Waals surface area contributed by atoms with Crippen molar-refractivity contribution in [3.05, 3.63) is 23.8 Å². The van der Waals surface area contributed by atoms with E-state index in [1.165, 1.54) is 26.4 Å². The normalized spacial score (nSPS) is 11.3. The first-order chi connectivity index (χ1) is 9.42. The number of aromatic carboxylic acids is 1. The van der Waals surface area contributed by atoms with Crippen LogP contribution in [0, 0.1) is 0 Å². The fourth-order valence-electron chi connectivity index (χ4n) is 1.53. The van der Waals surface area contributed by atoms with Gasteiger partial charge in [-0.25, -0.2) is 17.9 Å². The molecule has 1 aromatic carbocycles. The molecule has 0 bridgehead atoms. The van der Waals surface area contributed by atoms with Gasteiger partial charge in [0.05, 0.1) is 12.0 Å². The predicted octanol–water partition coefficient (Wildman–Crippen LogP) is 0.708. The number of nitrogens with one attached hydrogen (secondary N) is 1. The van der Waals surface area contributed by atoms with E-state index in [0.29, 0.717) is 13.0 Å². The van der Waals surface area contributed by atoms with Crippen molar-refractivity contribution in [2.24, 2.45) is 0 Å². The Morgan fingerprint density at radius 3 is 2.60 bits per heavy atom. The van der Waals surface area contributed by atoms with Crippen LogP contribution in [0.4, 0.5) is 0 Å². The highest BCUT2D eigenvalue weighted by Crippen LogP contribution is 2.22. The number of carboxylic acids is 1. The smallest absolute Gasteiger partial charge is 0.339 e. The van der Waals surface area contributed by atoms with Crippen LogP contribution >= 0.6 is 0 Å². The van der Waals surface area contributed by atoms with Crippen molar-refractivity contribution in [2.45, 2.75) is 11.3 Å². The van der Waals surface area contributed by atoms with E-state index >= 15 is 0 Å². The predicted molar refractivity (Wildman–Crippen MR) is 71.6 cm³/mol. The van der Waals surface area contributed by atoms with Crippen molar-refractivity contribution in [1.29, 1.82) is 0 Å². The van der Waals surface area contributed by atoms with E-state index in [1.54, 1.807) is 0 Å².